The van der Waals surface area contributed by atoms with E-state index >= 15 is 0 Å². The van der Waals surface area contributed by atoms with Crippen LogP contribution >= 0.6 is 0 Å². The molecular weight excluding hydrogens is 253 g/mol. The quantitative estimate of drug-likeness (QED) is 0.570. The molecule has 96 valence electrons. The highest BCUT2D eigenvalue weighted by atomic mass is 19.4. The number of hydrogen-bond donors (Lipinski definition) is 0. The predicted octanol–water partition coefficient (Wildman–Crippen LogP) is 4.11. The minimum absolute atomic E-state index is 0.288. The first kappa shape index (κ1) is 11.9. The van der Waals surface area contributed by atoms with E-state index in [4.69, 9.17) is 0 Å². The summed E-state index contributed by atoms with van der Waals surface area (Å²) in [5, 5.41) is 1.43. The van der Waals surface area contributed by atoms with Gasteiger partial charge in [-0.3, -0.25) is 4.98 Å². The molecule has 2 aromatic heterocycles. The van der Waals surface area contributed by atoms with E-state index in [1.54, 1.807) is 13.0 Å². The second-order valence-electron chi connectivity index (χ2n) is 4.36. The smallest absolute Gasteiger partial charge is 0.251 e. The van der Waals surface area contributed by atoms with Crippen LogP contribution in [0.2, 0.25) is 0 Å². The lowest BCUT2D eigenvalue weighted by Crippen LogP contribution is -2.07. The number of benzene rings is 1. The molecule has 0 saturated carbocycles. The molecule has 3 aromatic rings. The highest BCUT2D eigenvalue weighted by Crippen LogP contribution is 2.30. The van der Waals surface area contributed by atoms with Crippen molar-refractivity contribution in [2.75, 3.05) is 0 Å². The Bertz CT molecular complexity index is 779. The summed E-state index contributed by atoms with van der Waals surface area (Å²) in [4.78, 5) is 8.03. The number of halogens is 3. The van der Waals surface area contributed by atoms with Crippen molar-refractivity contribution in [3.8, 4) is 0 Å². The lowest BCUT2D eigenvalue weighted by molar-refractivity contribution is -0.140. The van der Waals surface area contributed by atoms with Gasteiger partial charge in [-0.2, -0.15) is 13.2 Å². The fourth-order valence-electron chi connectivity index (χ4n) is 2.02. The molecule has 0 saturated heterocycles. The van der Waals surface area contributed by atoms with E-state index in [-0.39, 0.29) is 5.52 Å². The first-order valence-electron chi connectivity index (χ1n) is 5.69. The lowest BCUT2D eigenvalue weighted by Gasteiger charge is -2.08. The van der Waals surface area contributed by atoms with Crippen LogP contribution < -0.4 is 0 Å². The van der Waals surface area contributed by atoms with E-state index in [1.165, 1.54) is 6.07 Å². The Hall–Kier alpha value is -2.17. The molecule has 0 radical (unpaired) electrons. The van der Waals surface area contributed by atoms with Gasteiger partial charge in [0.2, 0.25) is 0 Å². The van der Waals surface area contributed by atoms with E-state index < -0.39 is 11.9 Å². The van der Waals surface area contributed by atoms with Crippen LogP contribution in [-0.2, 0) is 6.18 Å². The average Bonchev–Trinajstić information content (AvgIpc) is 2.37. The van der Waals surface area contributed by atoms with Gasteiger partial charge in [0.15, 0.2) is 0 Å². The third-order valence-corrected chi connectivity index (χ3v) is 2.95. The SMILES string of the molecule is Cc1ccc2ccc3ccc(C(F)(F)F)nc3c2n1. The average molecular weight is 262 g/mol. The zero-order chi connectivity index (χ0) is 13.6. The number of alkyl halides is 3. The van der Waals surface area contributed by atoms with E-state index in [0.29, 0.717) is 10.9 Å². The first-order chi connectivity index (χ1) is 8.95. The molecule has 2 heterocycles. The molecule has 0 unspecified atom stereocenters. The second-order valence-corrected chi connectivity index (χ2v) is 4.36. The summed E-state index contributed by atoms with van der Waals surface area (Å²) in [6.45, 7) is 1.80. The molecule has 0 aliphatic carbocycles. The molecular formula is C14H9F3N2. The van der Waals surface area contributed by atoms with Crippen LogP contribution in [0.3, 0.4) is 0 Å². The molecule has 0 atom stereocenters. The zero-order valence-corrected chi connectivity index (χ0v) is 9.99. The van der Waals surface area contributed by atoms with Crippen LogP contribution in [0.5, 0.6) is 0 Å². The largest absolute Gasteiger partial charge is 0.433 e. The van der Waals surface area contributed by atoms with Gasteiger partial charge in [-0.15, -0.1) is 0 Å². The van der Waals surface area contributed by atoms with Crippen molar-refractivity contribution >= 4 is 21.8 Å². The van der Waals surface area contributed by atoms with Crippen molar-refractivity contribution in [2.45, 2.75) is 13.1 Å². The van der Waals surface area contributed by atoms with Gasteiger partial charge in [0, 0.05) is 16.5 Å². The van der Waals surface area contributed by atoms with E-state index in [9.17, 15) is 13.2 Å². The van der Waals surface area contributed by atoms with Crippen molar-refractivity contribution < 1.29 is 13.2 Å². The topological polar surface area (TPSA) is 25.8 Å². The van der Waals surface area contributed by atoms with Crippen LogP contribution in [0.1, 0.15) is 11.4 Å². The maximum atomic E-state index is 12.7. The van der Waals surface area contributed by atoms with Crippen molar-refractivity contribution in [1.29, 1.82) is 0 Å². The van der Waals surface area contributed by atoms with E-state index in [0.717, 1.165) is 17.1 Å². The Labute approximate surface area is 106 Å². The zero-order valence-electron chi connectivity index (χ0n) is 9.99. The van der Waals surface area contributed by atoms with Gasteiger partial charge in [0.25, 0.3) is 0 Å². The van der Waals surface area contributed by atoms with Crippen LogP contribution in [0.25, 0.3) is 21.8 Å². The Balaban J connectivity index is 2.41. The summed E-state index contributed by atoms with van der Waals surface area (Å²) < 4.78 is 38.1. The van der Waals surface area contributed by atoms with Crippen molar-refractivity contribution in [2.24, 2.45) is 0 Å². The van der Waals surface area contributed by atoms with Gasteiger partial charge in [-0.25, -0.2) is 4.98 Å². The minimum Gasteiger partial charge on any atom is -0.251 e. The highest BCUT2D eigenvalue weighted by molar-refractivity contribution is 6.02. The number of fused-ring (bicyclic) bond motifs is 3. The predicted molar refractivity (Wildman–Crippen MR) is 66.8 cm³/mol. The maximum absolute atomic E-state index is 12.7. The number of rotatable bonds is 0. The number of hydrogen-bond acceptors (Lipinski definition) is 2. The molecule has 0 aliphatic rings. The Morgan fingerprint density at radius 1 is 0.789 bits per heavy atom. The minimum atomic E-state index is -4.44. The van der Waals surface area contributed by atoms with Gasteiger partial charge in [0.05, 0.1) is 11.0 Å². The van der Waals surface area contributed by atoms with Crippen molar-refractivity contribution in [3.05, 3.63) is 47.8 Å². The fraction of sp³-hybridized carbons (Fsp3) is 0.143. The van der Waals surface area contributed by atoms with Crippen LogP contribution in [0, 0.1) is 6.92 Å². The summed E-state index contributed by atoms with van der Waals surface area (Å²) in [6.07, 6.45) is -4.44. The van der Waals surface area contributed by atoms with Crippen LogP contribution in [0.15, 0.2) is 36.4 Å². The number of nitrogens with zero attached hydrogens (tertiary/aromatic N) is 2. The third-order valence-electron chi connectivity index (χ3n) is 2.95. The number of pyridine rings is 2. The number of aryl methyl sites for hydroxylation is 1. The summed E-state index contributed by atoms with van der Waals surface area (Å²) in [6, 6.07) is 9.65. The van der Waals surface area contributed by atoms with E-state index in [1.807, 2.05) is 18.2 Å². The van der Waals surface area contributed by atoms with E-state index in [2.05, 4.69) is 9.97 Å². The Kier molecular flexibility index (Phi) is 2.45. The third kappa shape index (κ3) is 2.01. The summed E-state index contributed by atoms with van der Waals surface area (Å²) >= 11 is 0. The van der Waals surface area contributed by atoms with Crippen molar-refractivity contribution in [3.63, 3.8) is 0 Å². The highest BCUT2D eigenvalue weighted by Gasteiger charge is 2.32. The summed E-state index contributed by atoms with van der Waals surface area (Å²) in [7, 11) is 0. The molecule has 0 spiro atoms. The molecule has 5 heteroatoms. The number of aromatic nitrogens is 2. The fourth-order valence-corrected chi connectivity index (χ4v) is 2.02. The van der Waals surface area contributed by atoms with Gasteiger partial charge in [0.1, 0.15) is 5.69 Å². The van der Waals surface area contributed by atoms with Gasteiger partial charge in [-0.05, 0) is 19.1 Å². The van der Waals surface area contributed by atoms with Crippen molar-refractivity contribution in [1.82, 2.24) is 9.97 Å². The lowest BCUT2D eigenvalue weighted by atomic mass is 10.1. The summed E-state index contributed by atoms with van der Waals surface area (Å²) in [5.41, 5.74) is 0.648. The monoisotopic (exact) mass is 262 g/mol. The normalized spacial score (nSPS) is 12.2. The molecule has 2 nitrogen and oxygen atoms in total. The molecule has 0 fully saturated rings. The van der Waals surface area contributed by atoms with Gasteiger partial charge in [-0.1, -0.05) is 24.3 Å². The van der Waals surface area contributed by atoms with Gasteiger partial charge >= 0.3 is 6.18 Å². The molecule has 1 aromatic carbocycles. The molecule has 19 heavy (non-hydrogen) atoms. The second kappa shape index (κ2) is 3.91. The standard InChI is InChI=1S/C14H9F3N2/c1-8-2-3-9-4-5-10-6-7-11(14(15,16)17)19-13(10)12(9)18-8/h2-7H,1H3. The Morgan fingerprint density at radius 2 is 1.32 bits per heavy atom. The molecule has 0 amide bonds. The van der Waals surface area contributed by atoms with Crippen LogP contribution in [-0.4, -0.2) is 9.97 Å². The molecule has 0 bridgehead atoms. The molecule has 0 aliphatic heterocycles. The molecule has 3 rings (SSSR count). The van der Waals surface area contributed by atoms with Crippen LogP contribution in [0.4, 0.5) is 13.2 Å². The Morgan fingerprint density at radius 3 is 1.95 bits per heavy atom. The molecule has 0 N–H and O–H groups in total. The van der Waals surface area contributed by atoms with Gasteiger partial charge < -0.3 is 0 Å². The first-order valence-corrected chi connectivity index (χ1v) is 5.69. The summed E-state index contributed by atoms with van der Waals surface area (Å²) in [5.74, 6) is 0. The maximum Gasteiger partial charge on any atom is 0.433 e.